The van der Waals surface area contributed by atoms with E-state index in [0.29, 0.717) is 28.7 Å². The average molecular weight is 377 g/mol. The number of benzene rings is 2. The topological polar surface area (TPSA) is 80.2 Å². The molecule has 0 unspecified atom stereocenters. The van der Waals surface area contributed by atoms with Gasteiger partial charge in [0.2, 0.25) is 0 Å². The third-order valence-corrected chi connectivity index (χ3v) is 4.06. The van der Waals surface area contributed by atoms with E-state index in [1.54, 1.807) is 24.3 Å². The summed E-state index contributed by atoms with van der Waals surface area (Å²) in [5.41, 5.74) is 4.83. The minimum absolute atomic E-state index is 0.0509. The molecule has 0 spiro atoms. The monoisotopic (exact) mass is 376 g/mol. The smallest absolute Gasteiger partial charge is 0.277 e. The molecule has 0 saturated carbocycles. The number of halogens is 1. The molecule has 2 aromatic rings. The molecule has 0 aliphatic rings. The summed E-state index contributed by atoms with van der Waals surface area (Å²) in [5, 5.41) is 14.2. The van der Waals surface area contributed by atoms with Gasteiger partial charge >= 0.3 is 0 Å². The molecule has 0 aromatic heterocycles. The molecule has 2 N–H and O–H groups in total. The van der Waals surface area contributed by atoms with Gasteiger partial charge in [0.05, 0.1) is 12.8 Å². The van der Waals surface area contributed by atoms with Crippen molar-refractivity contribution < 1.29 is 19.4 Å². The summed E-state index contributed by atoms with van der Waals surface area (Å²) in [4.78, 5) is 11.8. The highest BCUT2D eigenvalue weighted by molar-refractivity contribution is 6.32. The number of hydrogen-bond acceptors (Lipinski definition) is 5. The number of nitrogens with one attached hydrogen (secondary N) is 1. The first kappa shape index (κ1) is 19.6. The number of rotatable bonds is 7. The van der Waals surface area contributed by atoms with E-state index in [-0.39, 0.29) is 12.4 Å². The lowest BCUT2D eigenvalue weighted by atomic mass is 10.1. The van der Waals surface area contributed by atoms with Crippen molar-refractivity contribution in [3.8, 4) is 17.2 Å². The molecule has 0 aliphatic heterocycles. The zero-order valence-corrected chi connectivity index (χ0v) is 15.6. The van der Waals surface area contributed by atoms with Crippen molar-refractivity contribution in [1.82, 2.24) is 5.43 Å². The maximum atomic E-state index is 11.8. The molecule has 0 aliphatic carbocycles. The summed E-state index contributed by atoms with van der Waals surface area (Å²) in [6.45, 7) is 5.84. The van der Waals surface area contributed by atoms with Crippen LogP contribution in [-0.4, -0.2) is 30.4 Å². The molecule has 0 radical (unpaired) electrons. The fourth-order valence-electron chi connectivity index (χ4n) is 2.23. The van der Waals surface area contributed by atoms with Crippen LogP contribution in [0.1, 0.15) is 23.6 Å². The Morgan fingerprint density at radius 3 is 2.58 bits per heavy atom. The Balaban J connectivity index is 1.89. The number of ether oxygens (including phenoxy) is 2. The Morgan fingerprint density at radius 2 is 1.92 bits per heavy atom. The van der Waals surface area contributed by atoms with Gasteiger partial charge in [-0.05, 0) is 67.8 Å². The first-order chi connectivity index (χ1) is 12.4. The molecule has 7 heteroatoms. The van der Waals surface area contributed by atoms with Crippen molar-refractivity contribution in [2.24, 2.45) is 5.10 Å². The van der Waals surface area contributed by atoms with Gasteiger partial charge in [0.15, 0.2) is 18.1 Å². The maximum Gasteiger partial charge on any atom is 0.277 e. The molecule has 0 bridgehead atoms. The van der Waals surface area contributed by atoms with Gasteiger partial charge in [-0.15, -0.1) is 0 Å². The Hall–Kier alpha value is -2.73. The van der Waals surface area contributed by atoms with Gasteiger partial charge in [0.25, 0.3) is 5.91 Å². The maximum absolute atomic E-state index is 11.8. The second kappa shape index (κ2) is 9.10. The van der Waals surface area contributed by atoms with Crippen LogP contribution in [0.25, 0.3) is 0 Å². The molecule has 26 heavy (non-hydrogen) atoms. The molecule has 0 saturated heterocycles. The van der Waals surface area contributed by atoms with E-state index in [1.165, 1.54) is 12.3 Å². The molecule has 138 valence electrons. The molecular formula is C19H21ClN2O4. The predicted molar refractivity (Wildman–Crippen MR) is 101 cm³/mol. The number of carbonyl (C=O) groups is 1. The van der Waals surface area contributed by atoms with Crippen molar-refractivity contribution in [2.75, 3.05) is 13.2 Å². The number of phenols is 1. The van der Waals surface area contributed by atoms with Crippen molar-refractivity contribution >= 4 is 23.7 Å². The van der Waals surface area contributed by atoms with Gasteiger partial charge in [0, 0.05) is 5.02 Å². The number of hydrazone groups is 1. The number of hydrogen-bond donors (Lipinski definition) is 2. The van der Waals surface area contributed by atoms with E-state index < -0.39 is 5.91 Å². The summed E-state index contributed by atoms with van der Waals surface area (Å²) in [6, 6.07) is 8.34. The van der Waals surface area contributed by atoms with Crippen LogP contribution in [-0.2, 0) is 4.79 Å². The van der Waals surface area contributed by atoms with Gasteiger partial charge < -0.3 is 14.6 Å². The molecule has 0 atom stereocenters. The lowest BCUT2D eigenvalue weighted by Gasteiger charge is -2.09. The summed E-state index contributed by atoms with van der Waals surface area (Å²) < 4.78 is 10.7. The van der Waals surface area contributed by atoms with E-state index in [2.05, 4.69) is 10.5 Å². The molecule has 0 fully saturated rings. The Morgan fingerprint density at radius 1 is 1.23 bits per heavy atom. The highest BCUT2D eigenvalue weighted by Gasteiger charge is 2.06. The van der Waals surface area contributed by atoms with Crippen LogP contribution in [0.4, 0.5) is 0 Å². The first-order valence-electron chi connectivity index (χ1n) is 8.08. The highest BCUT2D eigenvalue weighted by atomic mass is 35.5. The second-order valence-corrected chi connectivity index (χ2v) is 5.99. The third-order valence-electron chi connectivity index (χ3n) is 3.47. The van der Waals surface area contributed by atoms with Crippen LogP contribution in [0.2, 0.25) is 5.02 Å². The van der Waals surface area contributed by atoms with Crippen LogP contribution in [0.15, 0.2) is 35.4 Å². The highest BCUT2D eigenvalue weighted by Crippen LogP contribution is 2.26. The van der Waals surface area contributed by atoms with Crippen molar-refractivity contribution in [2.45, 2.75) is 20.8 Å². The molecule has 0 heterocycles. The van der Waals surface area contributed by atoms with Crippen LogP contribution in [0.5, 0.6) is 17.2 Å². The van der Waals surface area contributed by atoms with E-state index in [4.69, 9.17) is 21.1 Å². The van der Waals surface area contributed by atoms with Gasteiger partial charge in [-0.1, -0.05) is 11.6 Å². The Labute approximate surface area is 157 Å². The summed E-state index contributed by atoms with van der Waals surface area (Å²) >= 11 is 6.10. The van der Waals surface area contributed by atoms with Crippen LogP contribution in [0.3, 0.4) is 0 Å². The number of aryl methyl sites for hydroxylation is 2. The predicted octanol–water partition coefficient (Wildman–Crippen LogP) is 3.59. The number of phenolic OH excluding ortho intramolecular Hbond substituents is 1. The third kappa shape index (κ3) is 5.39. The van der Waals surface area contributed by atoms with Gasteiger partial charge in [-0.2, -0.15) is 5.10 Å². The summed E-state index contributed by atoms with van der Waals surface area (Å²) in [7, 11) is 0. The van der Waals surface area contributed by atoms with E-state index in [0.717, 1.165) is 11.1 Å². The quantitative estimate of drug-likeness (QED) is 0.571. The van der Waals surface area contributed by atoms with Gasteiger partial charge in [-0.3, -0.25) is 4.79 Å². The van der Waals surface area contributed by atoms with Gasteiger partial charge in [0.1, 0.15) is 5.75 Å². The SMILES string of the molecule is CCOc1cc(/C=N/NC(=O)COc2cc(C)c(Cl)c(C)c2)ccc1O. The van der Waals surface area contributed by atoms with E-state index in [9.17, 15) is 9.90 Å². The second-order valence-electron chi connectivity index (χ2n) is 5.61. The first-order valence-corrected chi connectivity index (χ1v) is 8.45. The molecule has 2 aromatic carbocycles. The molecule has 6 nitrogen and oxygen atoms in total. The average Bonchev–Trinajstić information content (AvgIpc) is 2.60. The largest absolute Gasteiger partial charge is 0.504 e. The minimum atomic E-state index is -0.393. The van der Waals surface area contributed by atoms with Crippen molar-refractivity contribution in [3.05, 3.63) is 52.0 Å². The van der Waals surface area contributed by atoms with Crippen molar-refractivity contribution in [3.63, 3.8) is 0 Å². The fraction of sp³-hybridized carbons (Fsp3) is 0.263. The number of carbonyl (C=O) groups excluding carboxylic acids is 1. The van der Waals surface area contributed by atoms with E-state index in [1.807, 2.05) is 20.8 Å². The zero-order valence-electron chi connectivity index (χ0n) is 14.9. The minimum Gasteiger partial charge on any atom is -0.504 e. The number of aromatic hydroxyl groups is 1. The zero-order chi connectivity index (χ0) is 19.1. The fourth-order valence-corrected chi connectivity index (χ4v) is 2.34. The van der Waals surface area contributed by atoms with Crippen molar-refractivity contribution in [1.29, 1.82) is 0 Å². The van der Waals surface area contributed by atoms with E-state index >= 15 is 0 Å². The Kier molecular flexibility index (Phi) is 6.86. The number of amides is 1. The molecule has 2 rings (SSSR count). The number of nitrogens with zero attached hydrogens (tertiary/aromatic N) is 1. The molecule has 1 amide bonds. The summed E-state index contributed by atoms with van der Waals surface area (Å²) in [5.74, 6) is 0.591. The van der Waals surface area contributed by atoms with Gasteiger partial charge in [-0.25, -0.2) is 5.43 Å². The Bertz CT molecular complexity index is 798. The summed E-state index contributed by atoms with van der Waals surface area (Å²) in [6.07, 6.45) is 1.45. The van der Waals surface area contributed by atoms with Crippen LogP contribution in [0, 0.1) is 13.8 Å². The standard InChI is InChI=1S/C19H21ClN2O4/c1-4-25-17-9-14(5-6-16(17)23)10-21-22-18(24)11-26-15-7-12(2)19(20)13(3)8-15/h5-10,23H,4,11H2,1-3H3,(H,22,24)/b21-10+. The van der Waals surface area contributed by atoms with Crippen LogP contribution >= 0.6 is 11.6 Å². The normalized spacial score (nSPS) is 10.8. The molecular weight excluding hydrogens is 356 g/mol. The lowest BCUT2D eigenvalue weighted by Crippen LogP contribution is -2.24. The lowest BCUT2D eigenvalue weighted by molar-refractivity contribution is -0.123. The van der Waals surface area contributed by atoms with Crippen LogP contribution < -0.4 is 14.9 Å².